The maximum Gasteiger partial charge on any atom is 0.244 e. The molecule has 2 aromatic carbocycles. The van der Waals surface area contributed by atoms with E-state index in [2.05, 4.69) is 15.3 Å². The zero-order valence-corrected chi connectivity index (χ0v) is 15.0. The Bertz CT molecular complexity index is 1270. The normalized spacial score (nSPS) is 11.1. The third-order valence-electron chi connectivity index (χ3n) is 4.65. The van der Waals surface area contributed by atoms with Crippen molar-refractivity contribution in [1.82, 2.24) is 18.9 Å². The summed E-state index contributed by atoms with van der Waals surface area (Å²) in [5.41, 5.74) is 5.26. The van der Waals surface area contributed by atoms with Crippen molar-refractivity contribution in [2.45, 2.75) is 6.54 Å². The molecular formula is C22H17N5O. The molecule has 0 aliphatic heterocycles. The van der Waals surface area contributed by atoms with Gasteiger partial charge in [0.25, 0.3) is 0 Å². The lowest BCUT2D eigenvalue weighted by Crippen LogP contribution is -2.18. The first-order valence-corrected chi connectivity index (χ1v) is 9.00. The Morgan fingerprint density at radius 3 is 2.82 bits per heavy atom. The summed E-state index contributed by atoms with van der Waals surface area (Å²) >= 11 is 0. The molecule has 3 heterocycles. The average molecular weight is 367 g/mol. The molecule has 1 N–H and O–H groups in total. The summed E-state index contributed by atoms with van der Waals surface area (Å²) in [6.45, 7) is 0.207. The highest BCUT2D eigenvalue weighted by molar-refractivity contribution is 5.92. The number of hydrogen-bond donors (Lipinski definition) is 1. The predicted molar refractivity (Wildman–Crippen MR) is 109 cm³/mol. The van der Waals surface area contributed by atoms with Crippen LogP contribution in [0.5, 0.6) is 0 Å². The number of aromatic nitrogens is 4. The van der Waals surface area contributed by atoms with Crippen LogP contribution in [0.1, 0.15) is 0 Å². The fourth-order valence-corrected chi connectivity index (χ4v) is 3.32. The van der Waals surface area contributed by atoms with E-state index in [0.717, 1.165) is 33.6 Å². The van der Waals surface area contributed by atoms with Gasteiger partial charge in [-0.25, -0.2) is 9.97 Å². The first kappa shape index (κ1) is 16.3. The fraction of sp³-hybridized carbons (Fsp3) is 0.0455. The molecule has 0 bridgehead atoms. The molecule has 136 valence electrons. The molecule has 3 aromatic heterocycles. The number of benzene rings is 2. The molecule has 0 radical (unpaired) electrons. The van der Waals surface area contributed by atoms with Gasteiger partial charge in [-0.2, -0.15) is 0 Å². The van der Waals surface area contributed by atoms with E-state index in [-0.39, 0.29) is 12.5 Å². The number of hydrogen-bond acceptors (Lipinski definition) is 3. The number of fused-ring (bicyclic) bond motifs is 2. The summed E-state index contributed by atoms with van der Waals surface area (Å²) in [4.78, 5) is 21.5. The molecule has 0 unspecified atom stereocenters. The smallest absolute Gasteiger partial charge is 0.244 e. The number of imidazole rings is 2. The molecular weight excluding hydrogens is 350 g/mol. The minimum absolute atomic E-state index is 0.102. The molecule has 0 atom stereocenters. The van der Waals surface area contributed by atoms with Crippen LogP contribution >= 0.6 is 0 Å². The molecule has 0 fully saturated rings. The first-order chi connectivity index (χ1) is 13.8. The second-order valence-electron chi connectivity index (χ2n) is 6.58. The molecule has 6 nitrogen and oxygen atoms in total. The molecule has 5 aromatic rings. The molecule has 5 rings (SSSR count). The van der Waals surface area contributed by atoms with E-state index in [4.69, 9.17) is 0 Å². The molecule has 0 saturated heterocycles. The van der Waals surface area contributed by atoms with Gasteiger partial charge in [0.2, 0.25) is 5.91 Å². The fourth-order valence-electron chi connectivity index (χ4n) is 3.32. The van der Waals surface area contributed by atoms with Gasteiger partial charge in [0.15, 0.2) is 0 Å². The Labute approximate surface area is 161 Å². The number of amides is 1. The average Bonchev–Trinajstić information content (AvgIpc) is 3.33. The van der Waals surface area contributed by atoms with Crippen molar-refractivity contribution >= 4 is 28.3 Å². The number of nitrogens with zero attached hydrogens (tertiary/aromatic N) is 4. The van der Waals surface area contributed by atoms with Crippen LogP contribution in [0, 0.1) is 0 Å². The minimum atomic E-state index is -0.102. The molecule has 0 spiro atoms. The predicted octanol–water partition coefficient (Wildman–Crippen LogP) is 3.99. The molecule has 0 aliphatic rings. The van der Waals surface area contributed by atoms with Crippen molar-refractivity contribution in [2.75, 3.05) is 5.32 Å². The van der Waals surface area contributed by atoms with E-state index in [1.54, 1.807) is 6.33 Å². The SMILES string of the molecule is O=C(Cn1cnc2ccccc21)Nc1cccc(-c2cn3ccccc3n2)c1. The highest BCUT2D eigenvalue weighted by Gasteiger charge is 2.09. The van der Waals surface area contributed by atoms with Gasteiger partial charge in [-0.1, -0.05) is 30.3 Å². The highest BCUT2D eigenvalue weighted by Crippen LogP contribution is 2.22. The van der Waals surface area contributed by atoms with E-state index in [1.807, 2.05) is 88.1 Å². The minimum Gasteiger partial charge on any atom is -0.325 e. The number of rotatable bonds is 4. The summed E-state index contributed by atoms with van der Waals surface area (Å²) in [5.74, 6) is -0.102. The van der Waals surface area contributed by atoms with Crippen LogP contribution < -0.4 is 5.32 Å². The zero-order valence-electron chi connectivity index (χ0n) is 15.0. The standard InChI is InChI=1S/C22H17N5O/c28-22(14-27-15-23-18-8-1-2-9-20(18)27)24-17-7-5-6-16(12-17)19-13-26-11-4-3-10-21(26)25-19/h1-13,15H,14H2,(H,24,28). The van der Waals surface area contributed by atoms with Gasteiger partial charge >= 0.3 is 0 Å². The third-order valence-corrected chi connectivity index (χ3v) is 4.65. The van der Waals surface area contributed by atoms with Crippen molar-refractivity contribution < 1.29 is 4.79 Å². The van der Waals surface area contributed by atoms with Crippen LogP contribution in [0.3, 0.4) is 0 Å². The first-order valence-electron chi connectivity index (χ1n) is 9.00. The van der Waals surface area contributed by atoms with Gasteiger partial charge in [0.05, 0.1) is 23.1 Å². The lowest BCUT2D eigenvalue weighted by atomic mass is 10.1. The van der Waals surface area contributed by atoms with E-state index >= 15 is 0 Å². The van der Waals surface area contributed by atoms with Crippen molar-refractivity contribution in [1.29, 1.82) is 0 Å². The Hall–Kier alpha value is -3.93. The van der Waals surface area contributed by atoms with Crippen LogP contribution in [0.4, 0.5) is 5.69 Å². The topological polar surface area (TPSA) is 64.2 Å². The van der Waals surface area contributed by atoms with Gasteiger partial charge in [-0.3, -0.25) is 4.79 Å². The number of para-hydroxylation sites is 2. The lowest BCUT2D eigenvalue weighted by molar-refractivity contribution is -0.116. The van der Waals surface area contributed by atoms with Gasteiger partial charge in [-0.05, 0) is 36.4 Å². The van der Waals surface area contributed by atoms with Crippen molar-refractivity contribution in [2.24, 2.45) is 0 Å². The van der Waals surface area contributed by atoms with Gasteiger partial charge in [0, 0.05) is 23.6 Å². The number of carbonyl (C=O) groups excluding carboxylic acids is 1. The molecule has 0 aliphatic carbocycles. The van der Waals surface area contributed by atoms with Gasteiger partial charge < -0.3 is 14.3 Å². The van der Waals surface area contributed by atoms with E-state index < -0.39 is 0 Å². The summed E-state index contributed by atoms with van der Waals surface area (Å²) in [7, 11) is 0. The molecule has 28 heavy (non-hydrogen) atoms. The zero-order chi connectivity index (χ0) is 18.9. The van der Waals surface area contributed by atoms with E-state index in [1.165, 1.54) is 0 Å². The Balaban J connectivity index is 1.37. The monoisotopic (exact) mass is 367 g/mol. The number of carbonyl (C=O) groups is 1. The maximum absolute atomic E-state index is 12.5. The Kier molecular flexibility index (Phi) is 3.87. The van der Waals surface area contributed by atoms with Crippen LogP contribution in [0.15, 0.2) is 85.5 Å². The van der Waals surface area contributed by atoms with E-state index in [0.29, 0.717) is 0 Å². The highest BCUT2D eigenvalue weighted by atomic mass is 16.1. The van der Waals surface area contributed by atoms with Crippen LogP contribution in [0.25, 0.3) is 27.9 Å². The molecule has 1 amide bonds. The summed E-state index contributed by atoms with van der Waals surface area (Å²) in [6.07, 6.45) is 5.64. The van der Waals surface area contributed by atoms with Crippen molar-refractivity contribution in [3.8, 4) is 11.3 Å². The number of pyridine rings is 1. The van der Waals surface area contributed by atoms with E-state index in [9.17, 15) is 4.79 Å². The maximum atomic E-state index is 12.5. The summed E-state index contributed by atoms with van der Waals surface area (Å²) < 4.78 is 3.82. The molecule has 0 saturated carbocycles. The quantitative estimate of drug-likeness (QED) is 0.522. The van der Waals surface area contributed by atoms with Crippen LogP contribution in [0.2, 0.25) is 0 Å². The summed E-state index contributed by atoms with van der Waals surface area (Å²) in [5, 5.41) is 2.97. The second kappa shape index (κ2) is 6.66. The largest absolute Gasteiger partial charge is 0.325 e. The lowest BCUT2D eigenvalue weighted by Gasteiger charge is -2.08. The van der Waals surface area contributed by atoms with Gasteiger partial charge in [0.1, 0.15) is 12.2 Å². The van der Waals surface area contributed by atoms with Gasteiger partial charge in [-0.15, -0.1) is 0 Å². The Morgan fingerprint density at radius 1 is 1.00 bits per heavy atom. The Morgan fingerprint density at radius 2 is 1.89 bits per heavy atom. The summed E-state index contributed by atoms with van der Waals surface area (Å²) in [6, 6.07) is 21.4. The third kappa shape index (κ3) is 3.01. The van der Waals surface area contributed by atoms with Crippen molar-refractivity contribution in [3.05, 3.63) is 85.5 Å². The van der Waals surface area contributed by atoms with Crippen LogP contribution in [-0.4, -0.2) is 24.8 Å². The number of anilines is 1. The molecule has 6 heteroatoms. The second-order valence-corrected chi connectivity index (χ2v) is 6.58. The van der Waals surface area contributed by atoms with Crippen LogP contribution in [-0.2, 0) is 11.3 Å². The van der Waals surface area contributed by atoms with Crippen molar-refractivity contribution in [3.63, 3.8) is 0 Å². The number of nitrogens with one attached hydrogen (secondary N) is 1.